The van der Waals surface area contributed by atoms with Crippen molar-refractivity contribution in [2.24, 2.45) is 0 Å². The van der Waals surface area contributed by atoms with Crippen LogP contribution in [0.25, 0.3) is 11.3 Å². The minimum absolute atomic E-state index is 0.00877. The van der Waals surface area contributed by atoms with Crippen LogP contribution in [0.3, 0.4) is 0 Å². The van der Waals surface area contributed by atoms with Crippen molar-refractivity contribution < 1.29 is 13.7 Å². The lowest BCUT2D eigenvalue weighted by Crippen LogP contribution is -2.28. The zero-order chi connectivity index (χ0) is 19.7. The number of aryl methyl sites for hydroxylation is 3. The van der Waals surface area contributed by atoms with Crippen LogP contribution in [0.15, 0.2) is 33.6 Å². The lowest BCUT2D eigenvalue weighted by atomic mass is 10.0. The van der Waals surface area contributed by atoms with Gasteiger partial charge < -0.3 is 14.8 Å². The first-order valence-corrected chi connectivity index (χ1v) is 8.55. The second kappa shape index (κ2) is 7.36. The van der Waals surface area contributed by atoms with Gasteiger partial charge in [0.25, 0.3) is 11.5 Å². The van der Waals surface area contributed by atoms with Gasteiger partial charge in [-0.1, -0.05) is 22.8 Å². The van der Waals surface area contributed by atoms with Crippen molar-refractivity contribution in [3.05, 3.63) is 73.6 Å². The number of hydrogen-bond acceptors (Lipinski definition) is 4. The summed E-state index contributed by atoms with van der Waals surface area (Å²) in [5.74, 6) is -0.936. The minimum Gasteiger partial charge on any atom is -0.360 e. The molecular formula is C19H17ClFN3O3. The molecule has 2 N–H and O–H groups in total. The molecule has 6 nitrogen and oxygen atoms in total. The quantitative estimate of drug-likeness (QED) is 0.712. The van der Waals surface area contributed by atoms with Crippen molar-refractivity contribution in [1.82, 2.24) is 15.5 Å². The fraction of sp³-hybridized carbons (Fsp3) is 0.211. The Balaban J connectivity index is 1.93. The number of pyridine rings is 1. The molecule has 0 aliphatic carbocycles. The van der Waals surface area contributed by atoms with Gasteiger partial charge in [0.15, 0.2) is 0 Å². The standard InChI is InChI=1S/C19H17ClFN3O3/c1-9-7-10(2)23-18(25)12(9)8-22-19(26)15-11(3)27-24-17(15)16-13(20)5-4-6-14(16)21/h4-7H,8H2,1-3H3,(H,22,26)(H,23,25). The van der Waals surface area contributed by atoms with E-state index in [-0.39, 0.29) is 39.7 Å². The number of amides is 1. The fourth-order valence-electron chi connectivity index (χ4n) is 2.89. The fourth-order valence-corrected chi connectivity index (χ4v) is 3.15. The number of benzene rings is 1. The van der Waals surface area contributed by atoms with Crippen molar-refractivity contribution in [3.8, 4) is 11.3 Å². The summed E-state index contributed by atoms with van der Waals surface area (Å²) in [6.07, 6.45) is 0. The van der Waals surface area contributed by atoms with Gasteiger partial charge in [0.1, 0.15) is 22.8 Å². The van der Waals surface area contributed by atoms with E-state index >= 15 is 0 Å². The summed E-state index contributed by atoms with van der Waals surface area (Å²) in [6, 6.07) is 6.00. The highest BCUT2D eigenvalue weighted by atomic mass is 35.5. The number of halogens is 2. The number of H-pyrrole nitrogens is 1. The molecule has 27 heavy (non-hydrogen) atoms. The average Bonchev–Trinajstić information content (AvgIpc) is 2.95. The largest absolute Gasteiger partial charge is 0.360 e. The smallest absolute Gasteiger partial charge is 0.257 e. The molecule has 0 spiro atoms. The van der Waals surface area contributed by atoms with Gasteiger partial charge in [0.2, 0.25) is 0 Å². The molecular weight excluding hydrogens is 373 g/mol. The second-order valence-electron chi connectivity index (χ2n) is 6.18. The minimum atomic E-state index is -0.615. The van der Waals surface area contributed by atoms with Gasteiger partial charge in [-0.2, -0.15) is 0 Å². The molecule has 0 radical (unpaired) electrons. The molecule has 8 heteroatoms. The molecule has 2 aromatic heterocycles. The first kappa shape index (κ1) is 18.8. The third-order valence-electron chi connectivity index (χ3n) is 4.21. The molecule has 2 heterocycles. The zero-order valence-corrected chi connectivity index (χ0v) is 15.7. The van der Waals surface area contributed by atoms with Gasteiger partial charge >= 0.3 is 0 Å². The third kappa shape index (κ3) is 3.64. The maximum atomic E-state index is 14.2. The summed E-state index contributed by atoms with van der Waals surface area (Å²) >= 11 is 6.08. The molecule has 1 aromatic carbocycles. The van der Waals surface area contributed by atoms with E-state index in [0.717, 1.165) is 11.3 Å². The molecule has 0 saturated heterocycles. The predicted molar refractivity (Wildman–Crippen MR) is 99.4 cm³/mol. The van der Waals surface area contributed by atoms with Crippen LogP contribution >= 0.6 is 11.6 Å². The maximum absolute atomic E-state index is 14.2. The van der Waals surface area contributed by atoms with Gasteiger partial charge in [0, 0.05) is 17.8 Å². The Kier molecular flexibility index (Phi) is 5.14. The van der Waals surface area contributed by atoms with E-state index in [4.69, 9.17) is 16.1 Å². The van der Waals surface area contributed by atoms with E-state index in [2.05, 4.69) is 15.5 Å². The number of carbonyl (C=O) groups is 1. The van der Waals surface area contributed by atoms with Crippen molar-refractivity contribution in [1.29, 1.82) is 0 Å². The molecule has 0 unspecified atom stereocenters. The van der Waals surface area contributed by atoms with E-state index in [1.807, 2.05) is 6.07 Å². The van der Waals surface area contributed by atoms with E-state index in [1.54, 1.807) is 20.8 Å². The van der Waals surface area contributed by atoms with E-state index < -0.39 is 11.7 Å². The van der Waals surface area contributed by atoms with Crippen LogP contribution in [-0.2, 0) is 6.54 Å². The number of rotatable bonds is 4. The first-order chi connectivity index (χ1) is 12.8. The van der Waals surface area contributed by atoms with Crippen LogP contribution in [-0.4, -0.2) is 16.0 Å². The molecule has 0 fully saturated rings. The van der Waals surface area contributed by atoms with E-state index in [9.17, 15) is 14.0 Å². The van der Waals surface area contributed by atoms with E-state index in [0.29, 0.717) is 5.56 Å². The van der Waals surface area contributed by atoms with Crippen molar-refractivity contribution in [2.45, 2.75) is 27.3 Å². The molecule has 3 aromatic rings. The number of carbonyl (C=O) groups excluding carboxylic acids is 1. The number of hydrogen-bond donors (Lipinski definition) is 2. The molecule has 0 saturated carbocycles. The summed E-state index contributed by atoms with van der Waals surface area (Å²) < 4.78 is 19.3. The topological polar surface area (TPSA) is 88.0 Å². The molecule has 0 bridgehead atoms. The van der Waals surface area contributed by atoms with Gasteiger partial charge in [-0.15, -0.1) is 0 Å². The Bertz CT molecular complexity index is 1070. The summed E-state index contributed by atoms with van der Waals surface area (Å²) in [4.78, 5) is 27.5. The number of aromatic amines is 1. The Morgan fingerprint density at radius 1 is 1.33 bits per heavy atom. The lowest BCUT2D eigenvalue weighted by molar-refractivity contribution is 0.0950. The maximum Gasteiger partial charge on any atom is 0.257 e. The third-order valence-corrected chi connectivity index (χ3v) is 4.52. The Labute approximate surface area is 159 Å². The monoisotopic (exact) mass is 389 g/mol. The molecule has 0 aliphatic heterocycles. The highest BCUT2D eigenvalue weighted by molar-refractivity contribution is 6.33. The Hall–Kier alpha value is -2.93. The van der Waals surface area contributed by atoms with Gasteiger partial charge in [-0.3, -0.25) is 9.59 Å². The molecule has 0 atom stereocenters. The van der Waals surface area contributed by atoms with Crippen LogP contribution < -0.4 is 10.9 Å². The van der Waals surface area contributed by atoms with Gasteiger partial charge in [0.05, 0.1) is 10.6 Å². The highest BCUT2D eigenvalue weighted by Gasteiger charge is 2.25. The molecule has 1 amide bonds. The lowest BCUT2D eigenvalue weighted by Gasteiger charge is -2.09. The summed E-state index contributed by atoms with van der Waals surface area (Å²) in [5.41, 5.74) is 1.74. The number of aromatic nitrogens is 2. The van der Waals surface area contributed by atoms with Crippen LogP contribution in [0.5, 0.6) is 0 Å². The van der Waals surface area contributed by atoms with Crippen molar-refractivity contribution >= 4 is 17.5 Å². The average molecular weight is 390 g/mol. The van der Waals surface area contributed by atoms with Crippen molar-refractivity contribution in [3.63, 3.8) is 0 Å². The van der Waals surface area contributed by atoms with Gasteiger partial charge in [-0.25, -0.2) is 4.39 Å². The summed E-state index contributed by atoms with van der Waals surface area (Å²) in [7, 11) is 0. The molecule has 3 rings (SSSR count). The van der Waals surface area contributed by atoms with E-state index in [1.165, 1.54) is 18.2 Å². The van der Waals surface area contributed by atoms with Crippen LogP contribution in [0.2, 0.25) is 5.02 Å². The van der Waals surface area contributed by atoms with Crippen molar-refractivity contribution in [2.75, 3.05) is 0 Å². The van der Waals surface area contributed by atoms with Gasteiger partial charge in [-0.05, 0) is 44.5 Å². The van der Waals surface area contributed by atoms with Crippen LogP contribution in [0.4, 0.5) is 4.39 Å². The second-order valence-corrected chi connectivity index (χ2v) is 6.59. The molecule has 0 aliphatic rings. The van der Waals surface area contributed by atoms with Crippen LogP contribution in [0, 0.1) is 26.6 Å². The molecule has 140 valence electrons. The van der Waals surface area contributed by atoms with Crippen LogP contribution in [0.1, 0.15) is 32.9 Å². The SMILES string of the molecule is Cc1cc(C)c(CNC(=O)c2c(-c3c(F)cccc3Cl)noc2C)c(=O)[nH]1. The number of nitrogens with zero attached hydrogens (tertiary/aromatic N) is 1. The Morgan fingerprint density at radius 3 is 2.74 bits per heavy atom. The zero-order valence-electron chi connectivity index (χ0n) is 14.9. The highest BCUT2D eigenvalue weighted by Crippen LogP contribution is 2.33. The first-order valence-electron chi connectivity index (χ1n) is 8.17. The predicted octanol–water partition coefficient (Wildman–Crippen LogP) is 3.68. The number of nitrogens with one attached hydrogen (secondary N) is 2. The normalized spacial score (nSPS) is 10.9. The summed E-state index contributed by atoms with van der Waals surface area (Å²) in [5, 5.41) is 6.58. The Morgan fingerprint density at radius 2 is 2.07 bits per heavy atom. The summed E-state index contributed by atoms with van der Waals surface area (Å²) in [6.45, 7) is 5.13.